The number of rotatable bonds is 4. The Balaban J connectivity index is 2.27. The maximum Gasteiger partial charge on any atom is 0.125 e. The summed E-state index contributed by atoms with van der Waals surface area (Å²) in [6, 6.07) is 7.90. The van der Waals surface area contributed by atoms with Crippen molar-refractivity contribution in [2.75, 3.05) is 6.61 Å². The molecule has 94 valence electrons. The van der Waals surface area contributed by atoms with Gasteiger partial charge in [0.1, 0.15) is 5.75 Å². The van der Waals surface area contributed by atoms with E-state index in [9.17, 15) is 5.11 Å². The monoisotopic (exact) mass is 234 g/mol. The number of benzene rings is 1. The van der Waals surface area contributed by atoms with Crippen molar-refractivity contribution >= 4 is 0 Å². The van der Waals surface area contributed by atoms with E-state index in [1.54, 1.807) is 0 Å². The van der Waals surface area contributed by atoms with Crippen LogP contribution >= 0.6 is 0 Å². The molecule has 0 saturated heterocycles. The fraction of sp³-hybridized carbons (Fsp3) is 0.600. The van der Waals surface area contributed by atoms with E-state index in [2.05, 4.69) is 6.92 Å². The topological polar surface area (TPSA) is 29.5 Å². The van der Waals surface area contributed by atoms with Crippen molar-refractivity contribution in [3.63, 3.8) is 0 Å². The van der Waals surface area contributed by atoms with Gasteiger partial charge < -0.3 is 9.84 Å². The molecule has 0 aromatic heterocycles. The molecular weight excluding hydrogens is 212 g/mol. The molecule has 1 aromatic carbocycles. The third kappa shape index (κ3) is 2.47. The minimum absolute atomic E-state index is 0.643. The van der Waals surface area contributed by atoms with E-state index < -0.39 is 5.60 Å². The lowest BCUT2D eigenvalue weighted by molar-refractivity contribution is 0.0368. The molecule has 0 heterocycles. The van der Waals surface area contributed by atoms with Gasteiger partial charge in [0, 0.05) is 5.56 Å². The van der Waals surface area contributed by atoms with Crippen LogP contribution in [0.4, 0.5) is 0 Å². The summed E-state index contributed by atoms with van der Waals surface area (Å²) in [5, 5.41) is 10.8. The minimum atomic E-state index is -0.674. The molecule has 1 aliphatic rings. The third-order valence-electron chi connectivity index (χ3n) is 3.86. The second-order valence-electron chi connectivity index (χ2n) is 4.98. The molecule has 1 saturated carbocycles. The molecule has 2 rings (SSSR count). The minimum Gasteiger partial charge on any atom is -0.493 e. The van der Waals surface area contributed by atoms with Crippen LogP contribution in [0.2, 0.25) is 0 Å². The normalized spacial score (nSPS) is 28.3. The van der Waals surface area contributed by atoms with Gasteiger partial charge in [-0.2, -0.15) is 0 Å². The first-order valence-corrected chi connectivity index (χ1v) is 6.64. The molecule has 0 bridgehead atoms. The van der Waals surface area contributed by atoms with Crippen LogP contribution in [0, 0.1) is 5.92 Å². The largest absolute Gasteiger partial charge is 0.493 e. The van der Waals surface area contributed by atoms with Gasteiger partial charge in [0.25, 0.3) is 0 Å². The molecule has 2 nitrogen and oxygen atoms in total. The highest BCUT2D eigenvalue weighted by molar-refractivity contribution is 5.38. The summed E-state index contributed by atoms with van der Waals surface area (Å²) in [4.78, 5) is 0. The Kier molecular flexibility index (Phi) is 3.72. The lowest BCUT2D eigenvalue weighted by Gasteiger charge is -2.25. The van der Waals surface area contributed by atoms with Gasteiger partial charge >= 0.3 is 0 Å². The maximum atomic E-state index is 10.8. The summed E-state index contributed by atoms with van der Waals surface area (Å²) in [5.74, 6) is 1.49. The summed E-state index contributed by atoms with van der Waals surface area (Å²) in [6.45, 7) is 4.82. The maximum absolute atomic E-state index is 10.8. The molecule has 0 radical (unpaired) electrons. The Morgan fingerprint density at radius 3 is 2.76 bits per heavy atom. The highest BCUT2D eigenvalue weighted by Crippen LogP contribution is 2.46. The molecule has 0 aliphatic heterocycles. The third-order valence-corrected chi connectivity index (χ3v) is 3.86. The number of hydrogen-bond donors (Lipinski definition) is 1. The number of hydrogen-bond acceptors (Lipinski definition) is 2. The molecule has 1 aliphatic carbocycles. The quantitative estimate of drug-likeness (QED) is 0.864. The zero-order chi connectivity index (χ0) is 12.3. The van der Waals surface area contributed by atoms with Gasteiger partial charge in [-0.25, -0.2) is 0 Å². The van der Waals surface area contributed by atoms with Crippen molar-refractivity contribution in [2.24, 2.45) is 5.92 Å². The van der Waals surface area contributed by atoms with Crippen molar-refractivity contribution < 1.29 is 9.84 Å². The zero-order valence-corrected chi connectivity index (χ0v) is 10.8. The Labute approximate surface area is 104 Å². The summed E-state index contributed by atoms with van der Waals surface area (Å²) >= 11 is 0. The molecule has 1 fully saturated rings. The summed E-state index contributed by atoms with van der Waals surface area (Å²) in [5.41, 5.74) is 0.296. The highest BCUT2D eigenvalue weighted by Gasteiger charge is 2.39. The molecule has 0 amide bonds. The van der Waals surface area contributed by atoms with Crippen LogP contribution in [0.3, 0.4) is 0 Å². The molecule has 1 N–H and O–H groups in total. The van der Waals surface area contributed by atoms with Crippen molar-refractivity contribution in [3.05, 3.63) is 29.8 Å². The average molecular weight is 234 g/mol. The Hall–Kier alpha value is -1.02. The molecule has 1 aromatic rings. The Morgan fingerprint density at radius 1 is 1.35 bits per heavy atom. The van der Waals surface area contributed by atoms with E-state index in [-0.39, 0.29) is 0 Å². The van der Waals surface area contributed by atoms with Crippen LogP contribution < -0.4 is 4.74 Å². The number of para-hydroxylation sites is 1. The standard InChI is InChI=1S/C15H22O2/c1-3-12-9-10-15(16,11-12)13-7-5-6-8-14(13)17-4-2/h5-8,12,16H,3-4,9-11H2,1-2H3. The van der Waals surface area contributed by atoms with Crippen LogP contribution in [-0.2, 0) is 5.60 Å². The highest BCUT2D eigenvalue weighted by atomic mass is 16.5. The zero-order valence-electron chi connectivity index (χ0n) is 10.8. The van der Waals surface area contributed by atoms with Gasteiger partial charge in [0.05, 0.1) is 12.2 Å². The van der Waals surface area contributed by atoms with E-state index in [0.717, 1.165) is 37.0 Å². The SMILES string of the molecule is CCOc1ccccc1C1(O)CCC(CC)C1. The first kappa shape index (κ1) is 12.4. The van der Waals surface area contributed by atoms with Crippen molar-refractivity contribution in [2.45, 2.75) is 45.1 Å². The fourth-order valence-electron chi connectivity index (χ4n) is 2.85. The van der Waals surface area contributed by atoms with Gasteiger partial charge in [0.15, 0.2) is 0 Å². The predicted octanol–water partition coefficient (Wildman–Crippen LogP) is 3.48. The van der Waals surface area contributed by atoms with E-state index >= 15 is 0 Å². The predicted molar refractivity (Wildman–Crippen MR) is 69.1 cm³/mol. The molecule has 17 heavy (non-hydrogen) atoms. The summed E-state index contributed by atoms with van der Waals surface area (Å²) < 4.78 is 5.62. The lowest BCUT2D eigenvalue weighted by Crippen LogP contribution is -2.22. The van der Waals surface area contributed by atoms with Crippen molar-refractivity contribution in [3.8, 4) is 5.75 Å². The first-order valence-electron chi connectivity index (χ1n) is 6.64. The van der Waals surface area contributed by atoms with E-state index in [4.69, 9.17) is 4.74 Å². The van der Waals surface area contributed by atoms with Gasteiger partial charge in [-0.15, -0.1) is 0 Å². The molecule has 2 unspecified atom stereocenters. The van der Waals surface area contributed by atoms with Crippen LogP contribution in [0.25, 0.3) is 0 Å². The second-order valence-corrected chi connectivity index (χ2v) is 4.98. The van der Waals surface area contributed by atoms with Gasteiger partial charge in [-0.3, -0.25) is 0 Å². The fourth-order valence-corrected chi connectivity index (χ4v) is 2.85. The first-order chi connectivity index (χ1) is 8.19. The average Bonchev–Trinajstić information content (AvgIpc) is 2.73. The second kappa shape index (κ2) is 5.09. The van der Waals surface area contributed by atoms with E-state index in [0.29, 0.717) is 12.5 Å². The smallest absolute Gasteiger partial charge is 0.125 e. The van der Waals surface area contributed by atoms with E-state index in [1.165, 1.54) is 0 Å². The van der Waals surface area contributed by atoms with Crippen molar-refractivity contribution in [1.29, 1.82) is 0 Å². The summed E-state index contributed by atoms with van der Waals surface area (Å²) in [7, 11) is 0. The van der Waals surface area contributed by atoms with Crippen LogP contribution in [-0.4, -0.2) is 11.7 Å². The Morgan fingerprint density at radius 2 is 2.12 bits per heavy atom. The Bertz CT molecular complexity index is 375. The molecule has 2 heteroatoms. The van der Waals surface area contributed by atoms with Crippen LogP contribution in [0.1, 0.15) is 45.1 Å². The van der Waals surface area contributed by atoms with Gasteiger partial charge in [-0.1, -0.05) is 31.5 Å². The molecule has 0 spiro atoms. The number of aliphatic hydroxyl groups is 1. The van der Waals surface area contributed by atoms with Crippen LogP contribution in [0.5, 0.6) is 5.75 Å². The molecular formula is C15H22O2. The lowest BCUT2D eigenvalue weighted by atomic mass is 9.90. The number of ether oxygens (including phenoxy) is 1. The van der Waals surface area contributed by atoms with E-state index in [1.807, 2.05) is 31.2 Å². The summed E-state index contributed by atoms with van der Waals surface area (Å²) in [6.07, 6.45) is 4.00. The van der Waals surface area contributed by atoms with Crippen LogP contribution in [0.15, 0.2) is 24.3 Å². The van der Waals surface area contributed by atoms with Crippen molar-refractivity contribution in [1.82, 2.24) is 0 Å². The van der Waals surface area contributed by atoms with Gasteiger partial charge in [0.2, 0.25) is 0 Å². The molecule has 2 atom stereocenters. The van der Waals surface area contributed by atoms with Gasteiger partial charge in [-0.05, 0) is 38.2 Å².